The van der Waals surface area contributed by atoms with Crippen LogP contribution in [0.3, 0.4) is 0 Å². The van der Waals surface area contributed by atoms with E-state index in [-0.39, 0.29) is 11.2 Å². The molecule has 0 saturated heterocycles. The Bertz CT molecular complexity index is 290. The smallest absolute Gasteiger partial charge is 0.123 e. The van der Waals surface area contributed by atoms with Crippen LogP contribution in [0, 0.1) is 11.2 Å². The topological polar surface area (TPSA) is 26.0 Å². The Morgan fingerprint density at radius 3 is 2.21 bits per heavy atom. The normalized spacial score (nSPS) is 14.1. The van der Waals surface area contributed by atoms with Gasteiger partial charge in [-0.1, -0.05) is 32.9 Å². The molecule has 1 nitrogen and oxygen atoms in total. The number of hydrogen-bond acceptors (Lipinski definition) is 1. The summed E-state index contributed by atoms with van der Waals surface area (Å²) in [7, 11) is 0. The molecule has 1 atom stereocenters. The van der Waals surface area contributed by atoms with Gasteiger partial charge in [-0.15, -0.1) is 0 Å². The van der Waals surface area contributed by atoms with Crippen molar-refractivity contribution in [2.75, 3.05) is 6.54 Å². The van der Waals surface area contributed by atoms with Gasteiger partial charge in [-0.2, -0.15) is 0 Å². The Morgan fingerprint density at radius 2 is 1.79 bits per heavy atom. The van der Waals surface area contributed by atoms with Gasteiger partial charge in [0.05, 0.1) is 0 Å². The van der Waals surface area contributed by atoms with Crippen molar-refractivity contribution in [1.82, 2.24) is 0 Å². The largest absolute Gasteiger partial charge is 0.330 e. The zero-order valence-corrected chi connectivity index (χ0v) is 9.05. The standard InChI is InChI=1S/C12H18FN/c1-9(12(2,3)8-14)10-4-6-11(13)7-5-10/h4-7,9H,8,14H2,1-3H3. The van der Waals surface area contributed by atoms with Gasteiger partial charge in [0, 0.05) is 0 Å². The summed E-state index contributed by atoms with van der Waals surface area (Å²) in [5, 5.41) is 0. The van der Waals surface area contributed by atoms with E-state index in [1.165, 1.54) is 12.1 Å². The number of benzene rings is 1. The summed E-state index contributed by atoms with van der Waals surface area (Å²) in [6, 6.07) is 6.66. The van der Waals surface area contributed by atoms with Gasteiger partial charge < -0.3 is 5.73 Å². The average molecular weight is 195 g/mol. The molecule has 2 heteroatoms. The minimum atomic E-state index is -0.188. The molecule has 0 aliphatic heterocycles. The number of rotatable bonds is 3. The molecule has 0 fully saturated rings. The van der Waals surface area contributed by atoms with E-state index in [2.05, 4.69) is 20.8 Å². The summed E-state index contributed by atoms with van der Waals surface area (Å²) in [5.41, 5.74) is 6.89. The lowest BCUT2D eigenvalue weighted by Gasteiger charge is -2.30. The summed E-state index contributed by atoms with van der Waals surface area (Å²) in [4.78, 5) is 0. The molecule has 0 saturated carbocycles. The molecule has 1 aromatic rings. The highest BCUT2D eigenvalue weighted by molar-refractivity contribution is 5.21. The van der Waals surface area contributed by atoms with Crippen molar-refractivity contribution in [2.24, 2.45) is 11.1 Å². The van der Waals surface area contributed by atoms with Gasteiger partial charge in [0.25, 0.3) is 0 Å². The summed E-state index contributed by atoms with van der Waals surface area (Å²) in [5.74, 6) is 0.152. The van der Waals surface area contributed by atoms with Gasteiger partial charge in [0.15, 0.2) is 0 Å². The van der Waals surface area contributed by atoms with E-state index in [4.69, 9.17) is 5.73 Å². The second-order valence-corrected chi connectivity index (χ2v) is 4.47. The average Bonchev–Trinajstić information content (AvgIpc) is 2.18. The van der Waals surface area contributed by atoms with Crippen molar-refractivity contribution in [1.29, 1.82) is 0 Å². The predicted molar refractivity (Wildman–Crippen MR) is 57.7 cm³/mol. The minimum absolute atomic E-state index is 0.0534. The Balaban J connectivity index is 2.89. The molecule has 0 amide bonds. The van der Waals surface area contributed by atoms with Crippen LogP contribution in [0.4, 0.5) is 4.39 Å². The molecule has 0 aromatic heterocycles. The van der Waals surface area contributed by atoms with Gasteiger partial charge in [-0.3, -0.25) is 0 Å². The molecule has 0 bridgehead atoms. The highest BCUT2D eigenvalue weighted by Crippen LogP contribution is 2.33. The van der Waals surface area contributed by atoms with Crippen LogP contribution in [0.2, 0.25) is 0 Å². The summed E-state index contributed by atoms with van der Waals surface area (Å²) < 4.78 is 12.7. The van der Waals surface area contributed by atoms with E-state index >= 15 is 0 Å². The summed E-state index contributed by atoms with van der Waals surface area (Å²) >= 11 is 0. The van der Waals surface area contributed by atoms with Crippen LogP contribution in [-0.4, -0.2) is 6.54 Å². The van der Waals surface area contributed by atoms with Gasteiger partial charge in [0.1, 0.15) is 5.82 Å². The summed E-state index contributed by atoms with van der Waals surface area (Å²) in [6.45, 7) is 7.01. The van der Waals surface area contributed by atoms with Crippen LogP contribution in [-0.2, 0) is 0 Å². The van der Waals surface area contributed by atoms with Gasteiger partial charge in [0.2, 0.25) is 0 Å². The Kier molecular flexibility index (Phi) is 3.27. The van der Waals surface area contributed by atoms with E-state index in [9.17, 15) is 4.39 Å². The van der Waals surface area contributed by atoms with Crippen molar-refractivity contribution in [3.8, 4) is 0 Å². The molecule has 1 rings (SSSR count). The van der Waals surface area contributed by atoms with Crippen LogP contribution in [0.25, 0.3) is 0 Å². The molecule has 1 aromatic carbocycles. The first-order chi connectivity index (χ1) is 6.47. The lowest BCUT2D eigenvalue weighted by molar-refractivity contribution is 0.312. The third kappa shape index (κ3) is 2.32. The second-order valence-electron chi connectivity index (χ2n) is 4.47. The molecule has 0 aliphatic carbocycles. The van der Waals surface area contributed by atoms with E-state index < -0.39 is 0 Å². The van der Waals surface area contributed by atoms with E-state index in [0.717, 1.165) is 5.56 Å². The first-order valence-electron chi connectivity index (χ1n) is 4.93. The second kappa shape index (κ2) is 4.09. The van der Waals surface area contributed by atoms with E-state index in [1.54, 1.807) is 0 Å². The van der Waals surface area contributed by atoms with Crippen LogP contribution >= 0.6 is 0 Å². The maximum absolute atomic E-state index is 12.7. The van der Waals surface area contributed by atoms with Crippen LogP contribution in [0.1, 0.15) is 32.3 Å². The fourth-order valence-electron chi connectivity index (χ4n) is 1.38. The lowest BCUT2D eigenvalue weighted by atomic mass is 9.76. The highest BCUT2D eigenvalue weighted by atomic mass is 19.1. The Labute approximate surface area is 85.1 Å². The first-order valence-corrected chi connectivity index (χ1v) is 4.93. The molecule has 0 radical (unpaired) electrons. The van der Waals surface area contributed by atoms with Crippen LogP contribution in [0.5, 0.6) is 0 Å². The van der Waals surface area contributed by atoms with Crippen LogP contribution < -0.4 is 5.73 Å². The third-order valence-corrected chi connectivity index (χ3v) is 3.07. The molecule has 1 unspecified atom stereocenters. The first kappa shape index (κ1) is 11.2. The molecule has 0 spiro atoms. The zero-order chi connectivity index (χ0) is 10.8. The maximum atomic E-state index is 12.7. The van der Waals surface area contributed by atoms with E-state index in [1.807, 2.05) is 12.1 Å². The van der Waals surface area contributed by atoms with Crippen LogP contribution in [0.15, 0.2) is 24.3 Å². The third-order valence-electron chi connectivity index (χ3n) is 3.07. The number of hydrogen-bond donors (Lipinski definition) is 1. The molecular weight excluding hydrogens is 177 g/mol. The SMILES string of the molecule is CC(c1ccc(F)cc1)C(C)(C)CN. The Hall–Kier alpha value is -0.890. The monoisotopic (exact) mass is 195 g/mol. The van der Waals surface area contributed by atoms with Gasteiger partial charge >= 0.3 is 0 Å². The predicted octanol–water partition coefficient (Wildman–Crippen LogP) is 2.91. The molecule has 14 heavy (non-hydrogen) atoms. The van der Waals surface area contributed by atoms with Gasteiger partial charge in [-0.25, -0.2) is 4.39 Å². The maximum Gasteiger partial charge on any atom is 0.123 e. The molecule has 0 aliphatic rings. The molecule has 2 N–H and O–H groups in total. The quantitative estimate of drug-likeness (QED) is 0.788. The molecular formula is C12H18FN. The van der Waals surface area contributed by atoms with Crippen molar-refractivity contribution in [3.05, 3.63) is 35.6 Å². The zero-order valence-electron chi connectivity index (χ0n) is 9.05. The van der Waals surface area contributed by atoms with Crippen molar-refractivity contribution in [3.63, 3.8) is 0 Å². The fraction of sp³-hybridized carbons (Fsp3) is 0.500. The summed E-state index contributed by atoms with van der Waals surface area (Å²) in [6.07, 6.45) is 0. The fourth-order valence-corrected chi connectivity index (χ4v) is 1.38. The molecule has 78 valence electrons. The van der Waals surface area contributed by atoms with Gasteiger partial charge in [-0.05, 0) is 35.6 Å². The lowest BCUT2D eigenvalue weighted by Crippen LogP contribution is -2.29. The van der Waals surface area contributed by atoms with Crippen molar-refractivity contribution < 1.29 is 4.39 Å². The number of nitrogens with two attached hydrogens (primary N) is 1. The van der Waals surface area contributed by atoms with Crippen molar-refractivity contribution in [2.45, 2.75) is 26.7 Å². The number of halogens is 1. The molecule has 0 heterocycles. The van der Waals surface area contributed by atoms with E-state index in [0.29, 0.717) is 12.5 Å². The minimum Gasteiger partial charge on any atom is -0.330 e. The van der Waals surface area contributed by atoms with Crippen molar-refractivity contribution >= 4 is 0 Å². The Morgan fingerprint density at radius 1 is 1.29 bits per heavy atom. The highest BCUT2D eigenvalue weighted by Gasteiger charge is 2.25.